The highest BCUT2D eigenvalue weighted by molar-refractivity contribution is 5.37. The highest BCUT2D eigenvalue weighted by Gasteiger charge is 2.09. The highest BCUT2D eigenvalue weighted by atomic mass is 19.1. The van der Waals surface area contributed by atoms with Gasteiger partial charge in [-0.3, -0.25) is 0 Å². The second-order valence-electron chi connectivity index (χ2n) is 3.92. The summed E-state index contributed by atoms with van der Waals surface area (Å²) in [7, 11) is 1.58. The normalized spacial score (nSPS) is 10.8. The molecule has 0 aliphatic rings. The topological polar surface area (TPSA) is 47.7 Å². The predicted molar refractivity (Wildman–Crippen MR) is 63.1 cm³/mol. The molecule has 0 unspecified atom stereocenters. The lowest BCUT2D eigenvalue weighted by molar-refractivity contribution is 0.496. The lowest BCUT2D eigenvalue weighted by Gasteiger charge is -2.06. The molecule has 2 aromatic heterocycles. The molecule has 1 N–H and O–H groups in total. The molecule has 5 nitrogen and oxygen atoms in total. The molecule has 0 atom stereocenters. The smallest absolute Gasteiger partial charge is 0.216 e. The van der Waals surface area contributed by atoms with Gasteiger partial charge >= 0.3 is 0 Å². The molecule has 0 aliphatic carbocycles. The van der Waals surface area contributed by atoms with E-state index < -0.39 is 0 Å². The van der Waals surface area contributed by atoms with Gasteiger partial charge in [0.25, 0.3) is 0 Å². The SMILES string of the molecule is CCn1nc(C)cc1NCc1cnn(C)c1F. The Morgan fingerprint density at radius 3 is 2.82 bits per heavy atom. The van der Waals surface area contributed by atoms with Crippen LogP contribution in [0.1, 0.15) is 18.2 Å². The van der Waals surface area contributed by atoms with E-state index in [4.69, 9.17) is 0 Å². The van der Waals surface area contributed by atoms with Gasteiger partial charge in [-0.25, -0.2) is 9.36 Å². The lowest BCUT2D eigenvalue weighted by Crippen LogP contribution is -2.07. The van der Waals surface area contributed by atoms with Crippen molar-refractivity contribution >= 4 is 5.82 Å². The summed E-state index contributed by atoms with van der Waals surface area (Å²) in [6, 6.07) is 1.94. The van der Waals surface area contributed by atoms with Gasteiger partial charge in [0, 0.05) is 31.8 Å². The van der Waals surface area contributed by atoms with Crippen LogP contribution in [0, 0.1) is 12.9 Å². The number of rotatable bonds is 4. The zero-order valence-electron chi connectivity index (χ0n) is 10.2. The molecule has 0 saturated heterocycles. The fraction of sp³-hybridized carbons (Fsp3) is 0.455. The van der Waals surface area contributed by atoms with Crippen molar-refractivity contribution in [1.29, 1.82) is 0 Å². The number of nitrogens with zero attached hydrogens (tertiary/aromatic N) is 4. The molecular weight excluding hydrogens is 221 g/mol. The fourth-order valence-electron chi connectivity index (χ4n) is 1.70. The molecule has 0 bridgehead atoms. The van der Waals surface area contributed by atoms with Gasteiger partial charge in [-0.15, -0.1) is 0 Å². The van der Waals surface area contributed by atoms with Crippen LogP contribution in [-0.2, 0) is 20.1 Å². The zero-order chi connectivity index (χ0) is 12.4. The van der Waals surface area contributed by atoms with Crippen LogP contribution in [0.3, 0.4) is 0 Å². The first-order valence-corrected chi connectivity index (χ1v) is 5.56. The molecule has 0 amide bonds. The van der Waals surface area contributed by atoms with Gasteiger partial charge in [0.15, 0.2) is 0 Å². The summed E-state index contributed by atoms with van der Waals surface area (Å²) in [6.07, 6.45) is 1.53. The summed E-state index contributed by atoms with van der Waals surface area (Å²) in [5.74, 6) is 0.588. The van der Waals surface area contributed by atoms with Crippen molar-refractivity contribution in [2.24, 2.45) is 7.05 Å². The summed E-state index contributed by atoms with van der Waals surface area (Å²) in [6.45, 7) is 5.14. The number of hydrogen-bond donors (Lipinski definition) is 1. The number of halogens is 1. The van der Waals surface area contributed by atoms with Gasteiger partial charge in [-0.2, -0.15) is 14.6 Å². The Hall–Kier alpha value is -1.85. The van der Waals surface area contributed by atoms with Gasteiger partial charge in [0.2, 0.25) is 5.95 Å². The van der Waals surface area contributed by atoms with Crippen LogP contribution in [0.15, 0.2) is 12.3 Å². The van der Waals surface area contributed by atoms with E-state index in [1.54, 1.807) is 7.05 Å². The van der Waals surface area contributed by atoms with E-state index in [9.17, 15) is 4.39 Å². The summed E-state index contributed by atoms with van der Waals surface area (Å²) < 4.78 is 16.6. The van der Waals surface area contributed by atoms with Crippen LogP contribution in [0.25, 0.3) is 0 Å². The number of nitrogens with one attached hydrogen (secondary N) is 1. The van der Waals surface area contributed by atoms with E-state index in [2.05, 4.69) is 15.5 Å². The molecule has 0 saturated carbocycles. The maximum absolute atomic E-state index is 13.5. The number of anilines is 1. The number of hydrogen-bond acceptors (Lipinski definition) is 3. The predicted octanol–water partition coefficient (Wildman–Crippen LogP) is 1.70. The fourth-order valence-corrected chi connectivity index (χ4v) is 1.70. The van der Waals surface area contributed by atoms with Crippen LogP contribution in [0.2, 0.25) is 0 Å². The maximum Gasteiger partial charge on any atom is 0.216 e. The first-order valence-electron chi connectivity index (χ1n) is 5.56. The molecule has 92 valence electrons. The van der Waals surface area contributed by atoms with E-state index in [-0.39, 0.29) is 5.95 Å². The largest absolute Gasteiger partial charge is 0.366 e. The maximum atomic E-state index is 13.5. The monoisotopic (exact) mass is 237 g/mol. The van der Waals surface area contributed by atoms with Crippen molar-refractivity contribution in [2.45, 2.75) is 26.9 Å². The molecule has 2 aromatic rings. The quantitative estimate of drug-likeness (QED) is 0.880. The molecule has 2 rings (SSSR count). The Bertz CT molecular complexity index is 514. The third-order valence-corrected chi connectivity index (χ3v) is 2.60. The summed E-state index contributed by atoms with van der Waals surface area (Å²) in [5.41, 5.74) is 1.50. The van der Waals surface area contributed by atoms with Crippen molar-refractivity contribution in [3.05, 3.63) is 29.5 Å². The van der Waals surface area contributed by atoms with Crippen LogP contribution >= 0.6 is 0 Å². The third kappa shape index (κ3) is 2.30. The first kappa shape index (κ1) is 11.6. The number of aromatic nitrogens is 4. The summed E-state index contributed by atoms with van der Waals surface area (Å²) in [4.78, 5) is 0. The second kappa shape index (κ2) is 4.57. The summed E-state index contributed by atoms with van der Waals surface area (Å²) in [5, 5.41) is 11.3. The van der Waals surface area contributed by atoms with Gasteiger partial charge in [0.1, 0.15) is 5.82 Å². The molecule has 0 radical (unpaired) electrons. The molecule has 0 fully saturated rings. The first-order chi connectivity index (χ1) is 8.11. The Morgan fingerprint density at radius 1 is 1.47 bits per heavy atom. The molecule has 0 aromatic carbocycles. The van der Waals surface area contributed by atoms with Crippen molar-refractivity contribution < 1.29 is 4.39 Å². The van der Waals surface area contributed by atoms with Crippen LogP contribution in [0.5, 0.6) is 0 Å². The summed E-state index contributed by atoms with van der Waals surface area (Å²) >= 11 is 0. The van der Waals surface area contributed by atoms with E-state index in [1.807, 2.05) is 24.6 Å². The molecule has 6 heteroatoms. The van der Waals surface area contributed by atoms with Gasteiger partial charge < -0.3 is 5.32 Å². The highest BCUT2D eigenvalue weighted by Crippen LogP contribution is 2.13. The van der Waals surface area contributed by atoms with Crippen LogP contribution < -0.4 is 5.32 Å². The molecule has 0 aliphatic heterocycles. The van der Waals surface area contributed by atoms with Crippen molar-refractivity contribution in [2.75, 3.05) is 5.32 Å². The average Bonchev–Trinajstić information content (AvgIpc) is 2.82. The van der Waals surface area contributed by atoms with Crippen LogP contribution in [-0.4, -0.2) is 19.6 Å². The Labute approximate surface area is 99.2 Å². The molecule has 2 heterocycles. The van der Waals surface area contributed by atoms with E-state index in [0.717, 1.165) is 18.1 Å². The van der Waals surface area contributed by atoms with Crippen molar-refractivity contribution in [3.8, 4) is 0 Å². The zero-order valence-corrected chi connectivity index (χ0v) is 10.2. The number of aryl methyl sites for hydroxylation is 3. The van der Waals surface area contributed by atoms with Crippen molar-refractivity contribution in [3.63, 3.8) is 0 Å². The molecule has 17 heavy (non-hydrogen) atoms. The third-order valence-electron chi connectivity index (χ3n) is 2.60. The molecule has 0 spiro atoms. The molecular formula is C11H16FN5. The Morgan fingerprint density at radius 2 is 2.24 bits per heavy atom. The minimum atomic E-state index is -0.309. The Balaban J connectivity index is 2.09. The van der Waals surface area contributed by atoms with Crippen LogP contribution in [0.4, 0.5) is 10.2 Å². The standard InChI is InChI=1S/C11H16FN5/c1-4-17-10(5-8(2)15-17)13-6-9-7-14-16(3)11(9)12/h5,7,13H,4,6H2,1-3H3. The van der Waals surface area contributed by atoms with Gasteiger partial charge in [0.05, 0.1) is 11.9 Å². The van der Waals surface area contributed by atoms with Crippen molar-refractivity contribution in [1.82, 2.24) is 19.6 Å². The lowest BCUT2D eigenvalue weighted by atomic mass is 10.3. The Kier molecular flexibility index (Phi) is 3.12. The average molecular weight is 237 g/mol. The minimum absolute atomic E-state index is 0.309. The second-order valence-corrected chi connectivity index (χ2v) is 3.92. The van der Waals surface area contributed by atoms with Gasteiger partial charge in [-0.1, -0.05) is 0 Å². The van der Waals surface area contributed by atoms with E-state index >= 15 is 0 Å². The van der Waals surface area contributed by atoms with Gasteiger partial charge in [-0.05, 0) is 13.8 Å². The minimum Gasteiger partial charge on any atom is -0.366 e. The van der Waals surface area contributed by atoms with E-state index in [0.29, 0.717) is 12.1 Å². The van der Waals surface area contributed by atoms with E-state index in [1.165, 1.54) is 10.9 Å².